The number of carbonyl (C=O) groups is 4. The molecule has 1 aromatic rings. The first kappa shape index (κ1) is 29.8. The van der Waals surface area contributed by atoms with Crippen LogP contribution in [0.4, 0.5) is 0 Å². The zero-order valence-electron chi connectivity index (χ0n) is 19.8. The minimum atomic E-state index is -3.21. The number of esters is 2. The molecule has 3 N–H and O–H groups in total. The van der Waals surface area contributed by atoms with Crippen LogP contribution in [0.15, 0.2) is 24.3 Å². The average Bonchev–Trinajstić information content (AvgIpc) is 2.83. The van der Waals surface area contributed by atoms with Gasteiger partial charge in [0.15, 0.2) is 6.79 Å². The molecule has 0 spiro atoms. The molecular weight excluding hydrogens is 472 g/mol. The zero-order valence-corrected chi connectivity index (χ0v) is 19.8. The van der Waals surface area contributed by atoms with Crippen LogP contribution in [0.3, 0.4) is 0 Å². The lowest BCUT2D eigenvalue weighted by Gasteiger charge is -2.30. The van der Waals surface area contributed by atoms with Gasteiger partial charge in [-0.05, 0) is 38.0 Å². The molecular formula is C22H30O13. The highest BCUT2D eigenvalue weighted by Gasteiger charge is 2.57. The molecule has 0 heterocycles. The molecule has 0 amide bonds. The first-order chi connectivity index (χ1) is 16.6. The Labute approximate surface area is 201 Å². The summed E-state index contributed by atoms with van der Waals surface area (Å²) in [5.74, 6) is -6.27. The van der Waals surface area contributed by atoms with Crippen LogP contribution in [-0.4, -0.2) is 77.5 Å². The van der Waals surface area contributed by atoms with Gasteiger partial charge in [0, 0.05) is 7.11 Å². The van der Waals surface area contributed by atoms with Crippen LogP contribution in [0.2, 0.25) is 0 Å². The van der Waals surface area contributed by atoms with Crippen molar-refractivity contribution in [3.05, 3.63) is 29.8 Å². The van der Waals surface area contributed by atoms with Gasteiger partial charge >= 0.3 is 23.9 Å². The minimum Gasteiger partial charge on any atom is -0.468 e. The molecule has 0 fully saturated rings. The number of aliphatic hydroxyl groups excluding tert-OH is 1. The number of aliphatic hydroxyl groups is 3. The predicted molar refractivity (Wildman–Crippen MR) is 114 cm³/mol. The minimum absolute atomic E-state index is 0.0197. The van der Waals surface area contributed by atoms with Crippen LogP contribution in [-0.2, 0) is 43.2 Å². The summed E-state index contributed by atoms with van der Waals surface area (Å²) >= 11 is 0. The Kier molecular flexibility index (Phi) is 11.6. The van der Waals surface area contributed by atoms with E-state index in [4.69, 9.17) is 19.3 Å². The number of hydrogen-bond acceptors (Lipinski definition) is 13. The molecule has 1 rings (SSSR count). The van der Waals surface area contributed by atoms with E-state index in [0.717, 1.165) is 7.11 Å². The van der Waals surface area contributed by atoms with Gasteiger partial charge in [-0.3, -0.25) is 0 Å². The van der Waals surface area contributed by atoms with E-state index in [1.807, 2.05) is 0 Å². The van der Waals surface area contributed by atoms with Crippen LogP contribution in [0.25, 0.3) is 0 Å². The quantitative estimate of drug-likeness (QED) is 0.108. The zero-order chi connectivity index (χ0) is 26.6. The smallest absolute Gasteiger partial charge is 0.401 e. The largest absolute Gasteiger partial charge is 0.468 e. The second kappa shape index (κ2) is 13.6. The monoisotopic (exact) mass is 502 g/mol. The lowest BCUT2D eigenvalue weighted by Crippen LogP contribution is -2.55. The van der Waals surface area contributed by atoms with Crippen molar-refractivity contribution < 1.29 is 63.2 Å². The molecule has 0 aliphatic rings. The summed E-state index contributed by atoms with van der Waals surface area (Å²) in [5.41, 5.74) is -5.99. The Bertz CT molecular complexity index is 886. The predicted octanol–water partition coefficient (Wildman–Crippen LogP) is 0.0926. The molecule has 0 saturated carbocycles. The number of hydrogen-bond donors (Lipinski definition) is 3. The van der Waals surface area contributed by atoms with Crippen molar-refractivity contribution in [2.45, 2.75) is 50.9 Å². The number of ether oxygens (including phenoxy) is 4. The van der Waals surface area contributed by atoms with Gasteiger partial charge in [-0.15, -0.1) is 0 Å². The van der Waals surface area contributed by atoms with Crippen molar-refractivity contribution in [1.82, 2.24) is 0 Å². The van der Waals surface area contributed by atoms with Gasteiger partial charge < -0.3 is 34.3 Å². The van der Waals surface area contributed by atoms with Gasteiger partial charge in [0.25, 0.3) is 11.2 Å². The second-order valence-electron chi connectivity index (χ2n) is 7.02. The van der Waals surface area contributed by atoms with Crippen LogP contribution in [0.1, 0.15) is 45.3 Å². The van der Waals surface area contributed by atoms with Crippen molar-refractivity contribution in [2.75, 3.05) is 27.1 Å². The topological polar surface area (TPSA) is 184 Å². The molecule has 3 unspecified atom stereocenters. The summed E-state index contributed by atoms with van der Waals surface area (Å²) in [6.07, 6.45) is -2.05. The molecule has 0 aliphatic carbocycles. The van der Waals surface area contributed by atoms with E-state index in [9.17, 15) is 29.4 Å². The van der Waals surface area contributed by atoms with Crippen molar-refractivity contribution in [3.63, 3.8) is 0 Å². The second-order valence-corrected chi connectivity index (χ2v) is 7.02. The summed E-state index contributed by atoms with van der Waals surface area (Å²) in [4.78, 5) is 58.7. The highest BCUT2D eigenvalue weighted by atomic mass is 17.2. The fourth-order valence-electron chi connectivity index (χ4n) is 3.04. The summed E-state index contributed by atoms with van der Waals surface area (Å²) < 4.78 is 19.6. The van der Waals surface area contributed by atoms with E-state index in [2.05, 4.69) is 14.5 Å². The van der Waals surface area contributed by atoms with Crippen LogP contribution < -0.4 is 4.74 Å². The first-order valence-electron chi connectivity index (χ1n) is 10.7. The summed E-state index contributed by atoms with van der Waals surface area (Å²) in [6.45, 7) is 3.32. The van der Waals surface area contributed by atoms with Crippen LogP contribution >= 0.6 is 0 Å². The maximum atomic E-state index is 12.9. The van der Waals surface area contributed by atoms with Gasteiger partial charge in [-0.25, -0.2) is 29.0 Å². The molecule has 3 atom stereocenters. The normalized spacial score (nSPS) is 15.1. The molecule has 0 aromatic heterocycles. The Morgan fingerprint density at radius 3 is 2.06 bits per heavy atom. The van der Waals surface area contributed by atoms with E-state index in [-0.39, 0.29) is 30.9 Å². The number of rotatable bonds is 13. The van der Waals surface area contributed by atoms with E-state index < -0.39 is 54.4 Å². The summed E-state index contributed by atoms with van der Waals surface area (Å²) in [5, 5.41) is 30.5. The molecule has 196 valence electrons. The molecule has 1 aromatic carbocycles. The third-order valence-corrected chi connectivity index (χ3v) is 4.66. The van der Waals surface area contributed by atoms with E-state index in [1.54, 1.807) is 6.92 Å². The first-order valence-corrected chi connectivity index (χ1v) is 10.7. The van der Waals surface area contributed by atoms with E-state index in [0.29, 0.717) is 0 Å². The molecule has 0 saturated heterocycles. The van der Waals surface area contributed by atoms with Gasteiger partial charge in [0.2, 0.25) is 0 Å². The Morgan fingerprint density at radius 2 is 1.51 bits per heavy atom. The lowest BCUT2D eigenvalue weighted by atomic mass is 9.90. The number of benzene rings is 1. The fraction of sp³-hybridized carbons (Fsp3) is 0.545. The van der Waals surface area contributed by atoms with Gasteiger partial charge in [0.05, 0.1) is 13.2 Å². The Balaban J connectivity index is 3.30. The maximum Gasteiger partial charge on any atom is 0.401 e. The average molecular weight is 502 g/mol. The number of methoxy groups -OCH3 is 1. The maximum absolute atomic E-state index is 12.9. The molecule has 13 nitrogen and oxygen atoms in total. The highest BCUT2D eigenvalue weighted by molar-refractivity contribution is 6.05. The van der Waals surface area contributed by atoms with Crippen molar-refractivity contribution in [3.8, 4) is 5.75 Å². The van der Waals surface area contributed by atoms with Crippen molar-refractivity contribution in [1.29, 1.82) is 0 Å². The van der Waals surface area contributed by atoms with E-state index in [1.165, 1.54) is 38.1 Å². The van der Waals surface area contributed by atoms with Gasteiger partial charge in [-0.2, -0.15) is 0 Å². The third kappa shape index (κ3) is 6.88. The standard InChI is InChI=1S/C22H30O13/c1-5-11-21(28,17(24)31-6-2)18(25)34-35-20(27)22(29,19(26)32-7-3)16(30-4)14-9-8-10-15(12-14)33-13-23/h8-10,12,16,23,28-29H,5-7,11,13H2,1-4H3. The molecule has 0 aliphatic heterocycles. The third-order valence-electron chi connectivity index (χ3n) is 4.66. The van der Waals surface area contributed by atoms with Gasteiger partial charge in [0.1, 0.15) is 11.9 Å². The van der Waals surface area contributed by atoms with Gasteiger partial charge in [-0.1, -0.05) is 25.5 Å². The summed E-state index contributed by atoms with van der Waals surface area (Å²) in [6, 6.07) is 5.49. The van der Waals surface area contributed by atoms with Crippen LogP contribution in [0.5, 0.6) is 5.75 Å². The fourth-order valence-corrected chi connectivity index (χ4v) is 3.04. The molecule has 0 bridgehead atoms. The highest BCUT2D eigenvalue weighted by Crippen LogP contribution is 2.34. The van der Waals surface area contributed by atoms with E-state index >= 15 is 0 Å². The van der Waals surface area contributed by atoms with Crippen molar-refractivity contribution in [2.24, 2.45) is 0 Å². The molecule has 13 heteroatoms. The Morgan fingerprint density at radius 1 is 0.914 bits per heavy atom. The number of carbonyl (C=O) groups excluding carboxylic acids is 4. The van der Waals surface area contributed by atoms with Crippen molar-refractivity contribution >= 4 is 23.9 Å². The molecule has 0 radical (unpaired) electrons. The van der Waals surface area contributed by atoms with Crippen LogP contribution in [0, 0.1) is 0 Å². The SMILES string of the molecule is CCCC(O)(C(=O)OCC)C(=O)OOC(=O)C(O)(C(=O)OCC)C(OC)c1cccc(OCO)c1. The Hall–Kier alpha value is -3.26. The molecule has 35 heavy (non-hydrogen) atoms. The lowest BCUT2D eigenvalue weighted by molar-refractivity contribution is -0.285. The summed E-state index contributed by atoms with van der Waals surface area (Å²) in [7, 11) is 1.06.